The molecular weight excluding hydrogens is 486 g/mol. The second-order valence-electron chi connectivity index (χ2n) is 11.3. The smallest absolute Gasteiger partial charge is 0.210 e. The number of aliphatic imine (C=N–C) groups is 1. The molecule has 0 saturated carbocycles. The molecule has 208 valence electrons. The van der Waals surface area contributed by atoms with Crippen LogP contribution in [0, 0.1) is 5.92 Å². The first kappa shape index (κ1) is 28.7. The predicted octanol–water partition coefficient (Wildman–Crippen LogP) is 5.38. The molecule has 4 rings (SSSR count). The molecule has 0 bridgehead atoms. The first-order chi connectivity index (χ1) is 18.7. The third kappa shape index (κ3) is 7.43. The van der Waals surface area contributed by atoms with Gasteiger partial charge in [0.1, 0.15) is 5.82 Å². The summed E-state index contributed by atoms with van der Waals surface area (Å²) in [6.45, 7) is 11.2. The quantitative estimate of drug-likeness (QED) is 0.244. The fourth-order valence-corrected chi connectivity index (χ4v) is 5.54. The van der Waals surface area contributed by atoms with Gasteiger partial charge in [-0.1, -0.05) is 62.4 Å². The number of imidazole rings is 1. The fourth-order valence-electron chi connectivity index (χ4n) is 5.54. The van der Waals surface area contributed by atoms with Crippen molar-refractivity contribution >= 4 is 12.1 Å². The lowest BCUT2D eigenvalue weighted by atomic mass is 9.87. The van der Waals surface area contributed by atoms with Crippen molar-refractivity contribution < 1.29 is 9.90 Å². The van der Waals surface area contributed by atoms with E-state index in [4.69, 9.17) is 4.99 Å². The topological polar surface area (TPSA) is 84.8 Å². The molecule has 39 heavy (non-hydrogen) atoms. The van der Waals surface area contributed by atoms with Gasteiger partial charge in [-0.25, -0.2) is 4.98 Å². The monoisotopic (exact) mass is 529 g/mol. The van der Waals surface area contributed by atoms with E-state index in [9.17, 15) is 9.90 Å². The van der Waals surface area contributed by atoms with Gasteiger partial charge in [0.15, 0.2) is 0 Å². The summed E-state index contributed by atoms with van der Waals surface area (Å²) in [6.07, 6.45) is 4.54. The van der Waals surface area contributed by atoms with E-state index >= 15 is 0 Å². The summed E-state index contributed by atoms with van der Waals surface area (Å²) in [5, 5.41) is 9.58. The zero-order valence-corrected chi connectivity index (χ0v) is 24.0. The highest BCUT2D eigenvalue weighted by Crippen LogP contribution is 2.29. The first-order valence-electron chi connectivity index (χ1n) is 14.1. The highest BCUT2D eigenvalue weighted by atomic mass is 16.3. The van der Waals surface area contributed by atoms with Gasteiger partial charge in [-0.05, 0) is 61.9 Å². The van der Waals surface area contributed by atoms with E-state index in [0.717, 1.165) is 55.1 Å². The summed E-state index contributed by atoms with van der Waals surface area (Å²) in [5.41, 5.74) is 6.80. The maximum atomic E-state index is 11.4. The van der Waals surface area contributed by atoms with Crippen molar-refractivity contribution in [3.63, 3.8) is 0 Å². The van der Waals surface area contributed by atoms with E-state index in [1.165, 1.54) is 16.7 Å². The second kappa shape index (κ2) is 13.2. The molecular formula is C32H43N5O2. The van der Waals surface area contributed by atoms with Crippen LogP contribution in [0.5, 0.6) is 0 Å². The minimum Gasteiger partial charge on any atom is -0.392 e. The van der Waals surface area contributed by atoms with Crippen LogP contribution in [0.2, 0.25) is 0 Å². The van der Waals surface area contributed by atoms with E-state index in [1.807, 2.05) is 23.0 Å². The fraction of sp³-hybridized carbons (Fsp3) is 0.469. The van der Waals surface area contributed by atoms with Crippen molar-refractivity contribution in [2.24, 2.45) is 10.9 Å². The number of aliphatic hydroxyl groups is 1. The molecule has 0 aliphatic carbocycles. The van der Waals surface area contributed by atoms with Gasteiger partial charge in [-0.15, -0.1) is 0 Å². The maximum Gasteiger partial charge on any atom is 0.210 e. The number of rotatable bonds is 12. The van der Waals surface area contributed by atoms with Gasteiger partial charge >= 0.3 is 0 Å². The van der Waals surface area contributed by atoms with Crippen molar-refractivity contribution in [1.29, 1.82) is 0 Å². The molecule has 3 aromatic rings. The number of benzene rings is 2. The first-order valence-corrected chi connectivity index (χ1v) is 14.1. The van der Waals surface area contributed by atoms with Crippen LogP contribution >= 0.6 is 0 Å². The Labute approximate surface area is 233 Å². The summed E-state index contributed by atoms with van der Waals surface area (Å²) in [5.74, 6) is 1.68. The average molecular weight is 530 g/mol. The van der Waals surface area contributed by atoms with Crippen molar-refractivity contribution in [2.45, 2.75) is 65.1 Å². The predicted molar refractivity (Wildman–Crippen MR) is 159 cm³/mol. The lowest BCUT2D eigenvalue weighted by molar-refractivity contribution is -0.117. The minimum absolute atomic E-state index is 0.158. The van der Waals surface area contributed by atoms with Crippen LogP contribution in [-0.2, 0) is 11.3 Å². The number of likely N-dealkylation sites (N-methyl/N-ethyl adjacent to an activating group) is 1. The largest absolute Gasteiger partial charge is 0.392 e. The zero-order chi connectivity index (χ0) is 27.9. The molecule has 1 fully saturated rings. The number of hydrogen-bond acceptors (Lipinski definition) is 5. The lowest BCUT2D eigenvalue weighted by Gasteiger charge is -2.23. The number of nitrogens with zero attached hydrogens (tertiary/aromatic N) is 4. The van der Waals surface area contributed by atoms with Crippen LogP contribution in [0.15, 0.2) is 59.7 Å². The molecule has 1 aromatic heterocycles. The Balaban J connectivity index is 1.41. The highest BCUT2D eigenvalue weighted by molar-refractivity contribution is 5.89. The number of amides is 1. The Morgan fingerprint density at radius 1 is 1.13 bits per heavy atom. The van der Waals surface area contributed by atoms with Gasteiger partial charge in [0, 0.05) is 31.3 Å². The van der Waals surface area contributed by atoms with E-state index in [-0.39, 0.29) is 12.1 Å². The second-order valence-corrected chi connectivity index (χ2v) is 11.3. The number of hydrogen-bond donors (Lipinski definition) is 2. The Bertz CT molecular complexity index is 1230. The van der Waals surface area contributed by atoms with Gasteiger partial charge in [0.2, 0.25) is 6.41 Å². The normalized spacial score (nSPS) is 17.7. The molecule has 3 unspecified atom stereocenters. The van der Waals surface area contributed by atoms with Gasteiger partial charge in [0.25, 0.3) is 0 Å². The van der Waals surface area contributed by atoms with Gasteiger partial charge in [-0.3, -0.25) is 14.7 Å². The third-order valence-electron chi connectivity index (χ3n) is 7.75. The standard InChI is InChI=1S/C32H43N5O2/c1-22(2)29(17-33-24(4)31-7-6-16-37(31)21-38)27-12-8-25(9-13-27)26-10-14-28(15-11-26)30-18-34-32(35-30)20-36(5)19-23(3)39/h8-15,18,21-23,29,31,39H,6-7,16-17,19-20H2,1-5H3,(H,34,35). The molecule has 2 aromatic carbocycles. The van der Waals surface area contributed by atoms with E-state index in [2.05, 4.69) is 79.3 Å². The maximum absolute atomic E-state index is 11.4. The van der Waals surface area contributed by atoms with Gasteiger partial charge < -0.3 is 15.0 Å². The Morgan fingerprint density at radius 2 is 1.77 bits per heavy atom. The Kier molecular flexibility index (Phi) is 9.70. The lowest BCUT2D eigenvalue weighted by Crippen LogP contribution is -2.34. The van der Waals surface area contributed by atoms with Crippen LogP contribution < -0.4 is 0 Å². The van der Waals surface area contributed by atoms with Crippen LogP contribution in [0.3, 0.4) is 0 Å². The molecule has 1 aliphatic rings. The number of aromatic amines is 1. The van der Waals surface area contributed by atoms with Crippen molar-refractivity contribution in [3.8, 4) is 22.4 Å². The van der Waals surface area contributed by atoms with Gasteiger partial charge in [0.05, 0.1) is 30.6 Å². The molecule has 0 radical (unpaired) electrons. The summed E-state index contributed by atoms with van der Waals surface area (Å²) < 4.78 is 0. The number of H-pyrrole nitrogens is 1. The SMILES string of the molecule is CC(=NCC(c1ccc(-c2ccc(-c3cnc(CN(C)CC(C)O)[nH]3)cc2)cc1)C(C)C)C1CCCN1C=O. The minimum atomic E-state index is -0.364. The van der Waals surface area contributed by atoms with Crippen molar-refractivity contribution in [3.05, 3.63) is 66.1 Å². The van der Waals surface area contributed by atoms with Crippen LogP contribution in [0.4, 0.5) is 0 Å². The Hall–Kier alpha value is -3.29. The van der Waals surface area contributed by atoms with E-state index in [1.54, 1.807) is 6.92 Å². The number of carbonyl (C=O) groups is 1. The summed E-state index contributed by atoms with van der Waals surface area (Å²) in [6, 6.07) is 17.6. The molecule has 3 atom stereocenters. The number of aromatic nitrogens is 2. The van der Waals surface area contributed by atoms with Crippen LogP contribution in [-0.4, -0.2) is 75.8 Å². The Morgan fingerprint density at radius 3 is 2.38 bits per heavy atom. The number of nitrogens with one attached hydrogen (secondary N) is 1. The molecule has 1 amide bonds. The molecule has 1 saturated heterocycles. The highest BCUT2D eigenvalue weighted by Gasteiger charge is 2.25. The summed E-state index contributed by atoms with van der Waals surface area (Å²) >= 11 is 0. The average Bonchev–Trinajstić information content (AvgIpc) is 3.58. The van der Waals surface area contributed by atoms with Crippen LogP contribution in [0.25, 0.3) is 22.4 Å². The number of carbonyl (C=O) groups excluding carboxylic acids is 1. The van der Waals surface area contributed by atoms with Crippen molar-refractivity contribution in [2.75, 3.05) is 26.7 Å². The molecule has 2 N–H and O–H groups in total. The molecule has 0 spiro atoms. The van der Waals surface area contributed by atoms with Crippen LogP contribution in [0.1, 0.15) is 57.8 Å². The number of likely N-dealkylation sites (tertiary alicyclic amines) is 1. The van der Waals surface area contributed by atoms with E-state index < -0.39 is 0 Å². The number of aliphatic hydroxyl groups excluding tert-OH is 1. The molecule has 1 aliphatic heterocycles. The summed E-state index contributed by atoms with van der Waals surface area (Å²) in [4.78, 5) is 28.1. The van der Waals surface area contributed by atoms with Gasteiger partial charge in [-0.2, -0.15) is 0 Å². The molecule has 2 heterocycles. The van der Waals surface area contributed by atoms with E-state index in [0.29, 0.717) is 24.9 Å². The summed E-state index contributed by atoms with van der Waals surface area (Å²) in [7, 11) is 1.98. The molecule has 7 heteroatoms. The molecule has 7 nitrogen and oxygen atoms in total. The zero-order valence-electron chi connectivity index (χ0n) is 24.0. The third-order valence-corrected chi connectivity index (χ3v) is 7.75. The van der Waals surface area contributed by atoms with Crippen molar-refractivity contribution in [1.82, 2.24) is 19.8 Å².